The summed E-state index contributed by atoms with van der Waals surface area (Å²) in [5.41, 5.74) is -1.26. The summed E-state index contributed by atoms with van der Waals surface area (Å²) in [6, 6.07) is 9.64. The molecule has 0 unspecified atom stereocenters. The SMILES string of the molecule is CN(C)[C@]1(c2ccccc2)CC[C@]2(CC1)C(=O)N(CC(=O)N1CCS(=O)(=O)CC1)C(=O)N2CC1(O)CCC1. The lowest BCUT2D eigenvalue weighted by Gasteiger charge is -2.51. The Labute approximate surface area is 224 Å². The standard InChI is InChI=1S/C27H38N4O6S/c1-28(2)26(21-7-4-3-5-8-21)11-13-27(14-12-26)23(33)30(24(34)31(27)20-25(35)9-6-10-25)19-22(32)29-15-17-38(36,37)18-16-29/h3-5,7-8,35H,6,9-20H2,1-2H3/t26-,27+. The number of benzene rings is 1. The summed E-state index contributed by atoms with van der Waals surface area (Å²) < 4.78 is 23.6. The van der Waals surface area contributed by atoms with Crippen LogP contribution in [0.25, 0.3) is 0 Å². The zero-order chi connectivity index (χ0) is 27.3. The van der Waals surface area contributed by atoms with Gasteiger partial charge in [0.25, 0.3) is 5.91 Å². The highest BCUT2D eigenvalue weighted by molar-refractivity contribution is 7.91. The molecule has 1 N–H and O–H groups in total. The van der Waals surface area contributed by atoms with E-state index in [9.17, 15) is 27.9 Å². The highest BCUT2D eigenvalue weighted by Crippen LogP contribution is 2.50. The summed E-state index contributed by atoms with van der Waals surface area (Å²) in [6.45, 7) is -0.209. The Morgan fingerprint density at radius 3 is 2.11 bits per heavy atom. The number of hydrogen-bond acceptors (Lipinski definition) is 7. The van der Waals surface area contributed by atoms with Crippen molar-refractivity contribution in [2.75, 3.05) is 51.8 Å². The van der Waals surface area contributed by atoms with E-state index in [1.165, 1.54) is 4.90 Å². The van der Waals surface area contributed by atoms with Crippen molar-refractivity contribution in [1.82, 2.24) is 19.6 Å². The molecule has 2 aliphatic heterocycles. The maximum Gasteiger partial charge on any atom is 0.328 e. The first-order valence-electron chi connectivity index (χ1n) is 13.5. The van der Waals surface area contributed by atoms with Crippen LogP contribution in [0.5, 0.6) is 0 Å². The van der Waals surface area contributed by atoms with Crippen molar-refractivity contribution in [3.05, 3.63) is 35.9 Å². The van der Waals surface area contributed by atoms with Crippen molar-refractivity contribution in [2.24, 2.45) is 0 Å². The molecule has 2 saturated carbocycles. The molecule has 10 nitrogen and oxygen atoms in total. The van der Waals surface area contributed by atoms with Gasteiger partial charge in [0.1, 0.15) is 12.1 Å². The fourth-order valence-corrected chi connectivity index (χ4v) is 7.88. The lowest BCUT2D eigenvalue weighted by Crippen LogP contribution is -2.60. The Morgan fingerprint density at radius 2 is 1.58 bits per heavy atom. The fourth-order valence-electron chi connectivity index (χ4n) is 6.68. The molecule has 2 aliphatic carbocycles. The van der Waals surface area contributed by atoms with Gasteiger partial charge in [-0.05, 0) is 64.6 Å². The van der Waals surface area contributed by atoms with Crippen molar-refractivity contribution >= 4 is 27.7 Å². The minimum atomic E-state index is -3.17. The van der Waals surface area contributed by atoms with Crippen LogP contribution in [0.2, 0.25) is 0 Å². The first-order valence-corrected chi connectivity index (χ1v) is 15.3. The van der Waals surface area contributed by atoms with Crippen LogP contribution in [-0.4, -0.2) is 114 Å². The maximum absolute atomic E-state index is 14.0. The van der Waals surface area contributed by atoms with Gasteiger partial charge in [0, 0.05) is 18.6 Å². The van der Waals surface area contributed by atoms with Gasteiger partial charge in [0.05, 0.1) is 23.7 Å². The predicted molar refractivity (Wildman–Crippen MR) is 141 cm³/mol. The number of aliphatic hydroxyl groups is 1. The van der Waals surface area contributed by atoms with E-state index in [0.717, 1.165) is 16.9 Å². The number of urea groups is 1. The first-order chi connectivity index (χ1) is 17.9. The largest absolute Gasteiger partial charge is 0.388 e. The smallest absolute Gasteiger partial charge is 0.328 e. The molecule has 5 rings (SSSR count). The molecule has 1 spiro atoms. The van der Waals surface area contributed by atoms with Crippen LogP contribution in [-0.2, 0) is 25.0 Å². The van der Waals surface area contributed by atoms with E-state index in [-0.39, 0.29) is 42.6 Å². The molecule has 4 fully saturated rings. The number of rotatable bonds is 6. The van der Waals surface area contributed by atoms with E-state index in [1.54, 1.807) is 4.90 Å². The van der Waals surface area contributed by atoms with Gasteiger partial charge >= 0.3 is 6.03 Å². The Kier molecular flexibility index (Phi) is 6.84. The van der Waals surface area contributed by atoms with Crippen LogP contribution in [0.3, 0.4) is 0 Å². The summed E-state index contributed by atoms with van der Waals surface area (Å²) in [7, 11) is 0.898. The van der Waals surface area contributed by atoms with Gasteiger partial charge < -0.3 is 14.9 Å². The molecule has 1 aromatic rings. The van der Waals surface area contributed by atoms with Gasteiger partial charge in [-0.3, -0.25) is 19.4 Å². The normalized spacial score (nSPS) is 30.7. The van der Waals surface area contributed by atoms with Gasteiger partial charge in [-0.15, -0.1) is 0 Å². The summed E-state index contributed by atoms with van der Waals surface area (Å²) in [6.07, 6.45) is 4.16. The fraction of sp³-hybridized carbons (Fsp3) is 0.667. The average molecular weight is 547 g/mol. The predicted octanol–water partition coefficient (Wildman–Crippen LogP) is 1.19. The van der Waals surface area contributed by atoms with Crippen LogP contribution in [0.1, 0.15) is 50.5 Å². The minimum absolute atomic E-state index is 0.0639. The zero-order valence-corrected chi connectivity index (χ0v) is 23.1. The second-order valence-electron chi connectivity index (χ2n) is 11.7. The van der Waals surface area contributed by atoms with E-state index < -0.39 is 39.5 Å². The van der Waals surface area contributed by atoms with Gasteiger partial charge in [0.15, 0.2) is 9.84 Å². The lowest BCUT2D eigenvalue weighted by atomic mass is 9.67. The quantitative estimate of drug-likeness (QED) is 0.533. The van der Waals surface area contributed by atoms with Crippen molar-refractivity contribution in [2.45, 2.75) is 61.6 Å². The molecule has 0 atom stereocenters. The Morgan fingerprint density at radius 1 is 0.974 bits per heavy atom. The van der Waals surface area contributed by atoms with E-state index in [0.29, 0.717) is 38.5 Å². The molecule has 0 bridgehead atoms. The highest BCUT2D eigenvalue weighted by atomic mass is 32.2. The summed E-state index contributed by atoms with van der Waals surface area (Å²) in [5, 5.41) is 11.0. The van der Waals surface area contributed by atoms with Crippen molar-refractivity contribution in [3.63, 3.8) is 0 Å². The maximum atomic E-state index is 14.0. The number of β-amino-alcohol motifs (C(OH)–C–C–N with tert-alkyl or cyclic N) is 1. The summed E-state index contributed by atoms with van der Waals surface area (Å²) in [5.74, 6) is -1.04. The van der Waals surface area contributed by atoms with Crippen molar-refractivity contribution in [1.29, 1.82) is 0 Å². The molecule has 2 heterocycles. The van der Waals surface area contributed by atoms with Gasteiger partial charge in [-0.25, -0.2) is 13.2 Å². The molecule has 4 amide bonds. The molecule has 2 saturated heterocycles. The van der Waals surface area contributed by atoms with Crippen LogP contribution in [0, 0.1) is 0 Å². The molecule has 4 aliphatic rings. The molecule has 0 aromatic heterocycles. The number of carbonyl (C=O) groups excluding carboxylic acids is 3. The van der Waals surface area contributed by atoms with E-state index in [2.05, 4.69) is 17.0 Å². The molecule has 1 aromatic carbocycles. The topological polar surface area (TPSA) is 119 Å². The zero-order valence-electron chi connectivity index (χ0n) is 22.3. The molecular formula is C27H38N4O6S. The molecule has 208 valence electrons. The first kappa shape index (κ1) is 27.1. The Bertz CT molecular complexity index is 1190. The third-order valence-corrected chi connectivity index (χ3v) is 11.0. The third-order valence-electron chi connectivity index (χ3n) is 9.42. The molecule has 11 heteroatoms. The Hall–Kier alpha value is -2.50. The third kappa shape index (κ3) is 4.52. The molecule has 38 heavy (non-hydrogen) atoms. The Balaban J connectivity index is 1.41. The lowest BCUT2D eigenvalue weighted by molar-refractivity contribution is -0.143. The molecular weight excluding hydrogens is 508 g/mol. The highest BCUT2D eigenvalue weighted by Gasteiger charge is 2.62. The number of imide groups is 1. The van der Waals surface area contributed by atoms with E-state index in [1.807, 2.05) is 32.3 Å². The van der Waals surface area contributed by atoms with Gasteiger partial charge in [-0.2, -0.15) is 0 Å². The molecule has 0 radical (unpaired) electrons. The summed E-state index contributed by atoms with van der Waals surface area (Å²) in [4.78, 5) is 47.0. The van der Waals surface area contributed by atoms with Crippen LogP contribution in [0.4, 0.5) is 4.79 Å². The number of hydrogen-bond donors (Lipinski definition) is 1. The second kappa shape index (κ2) is 9.60. The summed E-state index contributed by atoms with van der Waals surface area (Å²) >= 11 is 0. The number of sulfone groups is 1. The second-order valence-corrected chi connectivity index (χ2v) is 14.0. The van der Waals surface area contributed by atoms with Crippen molar-refractivity contribution < 1.29 is 27.9 Å². The van der Waals surface area contributed by atoms with Gasteiger partial charge in [0.2, 0.25) is 5.91 Å². The van der Waals surface area contributed by atoms with Gasteiger partial charge in [-0.1, -0.05) is 30.3 Å². The van der Waals surface area contributed by atoms with Crippen LogP contribution >= 0.6 is 0 Å². The number of nitrogens with zero attached hydrogens (tertiary/aromatic N) is 4. The average Bonchev–Trinajstić information content (AvgIpc) is 3.05. The monoisotopic (exact) mass is 546 g/mol. The van der Waals surface area contributed by atoms with E-state index in [4.69, 9.17) is 0 Å². The minimum Gasteiger partial charge on any atom is -0.388 e. The van der Waals surface area contributed by atoms with Crippen LogP contribution in [0.15, 0.2) is 30.3 Å². The number of carbonyl (C=O) groups is 3. The van der Waals surface area contributed by atoms with E-state index >= 15 is 0 Å². The number of amides is 4. The van der Waals surface area contributed by atoms with Crippen molar-refractivity contribution in [3.8, 4) is 0 Å². The van der Waals surface area contributed by atoms with Crippen LogP contribution < -0.4 is 0 Å².